The number of hydrogen-bond acceptors (Lipinski definition) is 5. The Bertz CT molecular complexity index is 553. The van der Waals surface area contributed by atoms with Crippen molar-refractivity contribution in [2.45, 2.75) is 38.8 Å². The number of hydrogen-bond donors (Lipinski definition) is 2. The fourth-order valence-corrected chi connectivity index (χ4v) is 1.92. The van der Waals surface area contributed by atoms with Gasteiger partial charge in [-0.15, -0.1) is 0 Å². The molecule has 7 heteroatoms. The first-order chi connectivity index (χ1) is 10.1. The fraction of sp³-hybridized carbons (Fsp3) is 0.467. The van der Waals surface area contributed by atoms with Gasteiger partial charge >= 0.3 is 12.1 Å². The lowest BCUT2D eigenvalue weighted by atomic mass is 10.1. The largest absolute Gasteiger partial charge is 0.508 e. The maximum Gasteiger partial charge on any atom is 0.408 e. The average Bonchev–Trinajstić information content (AvgIpc) is 2.39. The van der Waals surface area contributed by atoms with E-state index in [-0.39, 0.29) is 12.2 Å². The van der Waals surface area contributed by atoms with Crippen molar-refractivity contribution in [3.8, 4) is 5.75 Å². The molecular weight excluding hydrogens is 310 g/mol. The zero-order valence-electron chi connectivity index (χ0n) is 13.0. The molecule has 0 aromatic heterocycles. The maximum absolute atomic E-state index is 11.8. The van der Waals surface area contributed by atoms with Crippen LogP contribution >= 0.6 is 11.6 Å². The zero-order valence-corrected chi connectivity index (χ0v) is 13.7. The summed E-state index contributed by atoms with van der Waals surface area (Å²) in [5, 5.41) is 12.3. The third kappa shape index (κ3) is 5.81. The first-order valence-corrected chi connectivity index (χ1v) is 7.05. The number of alkyl carbamates (subject to hydrolysis) is 1. The van der Waals surface area contributed by atoms with Crippen molar-refractivity contribution < 1.29 is 24.2 Å². The number of nitrogens with one attached hydrogen (secondary N) is 1. The number of amides is 1. The van der Waals surface area contributed by atoms with Crippen LogP contribution in [0.5, 0.6) is 5.75 Å². The molecule has 2 N–H and O–H groups in total. The van der Waals surface area contributed by atoms with Gasteiger partial charge in [-0.3, -0.25) is 0 Å². The highest BCUT2D eigenvalue weighted by Gasteiger charge is 2.26. The summed E-state index contributed by atoms with van der Waals surface area (Å²) in [6.45, 7) is 5.14. The molecular formula is C15H20ClNO5. The SMILES string of the molecule is COC(=O)[C@H](Cc1cc(O)ccc1Cl)NC(=O)OC(C)(C)C. The number of ether oxygens (including phenoxy) is 2. The van der Waals surface area contributed by atoms with Crippen LogP contribution in [0, 0.1) is 0 Å². The molecule has 0 aliphatic carbocycles. The van der Waals surface area contributed by atoms with Gasteiger partial charge in [-0.2, -0.15) is 0 Å². The third-order valence-electron chi connectivity index (χ3n) is 2.63. The Labute approximate surface area is 134 Å². The number of carbonyl (C=O) groups is 2. The predicted molar refractivity (Wildman–Crippen MR) is 82.0 cm³/mol. The normalized spacial score (nSPS) is 12.4. The minimum Gasteiger partial charge on any atom is -0.508 e. The van der Waals surface area contributed by atoms with E-state index in [4.69, 9.17) is 16.3 Å². The molecule has 1 aromatic carbocycles. The first-order valence-electron chi connectivity index (χ1n) is 6.67. The molecule has 122 valence electrons. The maximum atomic E-state index is 11.8. The highest BCUT2D eigenvalue weighted by Crippen LogP contribution is 2.22. The van der Waals surface area contributed by atoms with Gasteiger partial charge in [-0.05, 0) is 44.5 Å². The monoisotopic (exact) mass is 329 g/mol. The van der Waals surface area contributed by atoms with E-state index in [2.05, 4.69) is 10.1 Å². The second-order valence-corrected chi connectivity index (χ2v) is 6.11. The van der Waals surface area contributed by atoms with E-state index in [0.717, 1.165) is 0 Å². The zero-order chi connectivity index (χ0) is 16.9. The molecule has 0 saturated heterocycles. The Morgan fingerprint density at radius 2 is 2.00 bits per heavy atom. The second kappa shape index (κ2) is 7.35. The number of carbonyl (C=O) groups excluding carboxylic acids is 2. The molecule has 0 spiro atoms. The number of phenolic OH excluding ortho intramolecular Hbond substituents is 1. The van der Waals surface area contributed by atoms with E-state index in [1.807, 2.05) is 0 Å². The van der Waals surface area contributed by atoms with Gasteiger partial charge in [0.15, 0.2) is 0 Å². The molecule has 6 nitrogen and oxygen atoms in total. The van der Waals surface area contributed by atoms with Crippen molar-refractivity contribution in [2.24, 2.45) is 0 Å². The fourth-order valence-electron chi connectivity index (χ4n) is 1.72. The minimum atomic E-state index is -0.973. The Kier molecular flexibility index (Phi) is 6.05. The Morgan fingerprint density at radius 3 is 2.55 bits per heavy atom. The van der Waals surface area contributed by atoms with Gasteiger partial charge in [0.1, 0.15) is 17.4 Å². The van der Waals surface area contributed by atoms with Crippen LogP contribution in [-0.4, -0.2) is 35.9 Å². The van der Waals surface area contributed by atoms with Crippen LogP contribution in [0.15, 0.2) is 18.2 Å². The summed E-state index contributed by atoms with van der Waals surface area (Å²) < 4.78 is 9.79. The number of methoxy groups -OCH3 is 1. The van der Waals surface area contributed by atoms with Gasteiger partial charge in [0.2, 0.25) is 0 Å². The molecule has 1 atom stereocenters. The number of aromatic hydroxyl groups is 1. The Morgan fingerprint density at radius 1 is 1.36 bits per heavy atom. The summed E-state index contributed by atoms with van der Waals surface area (Å²) in [6.07, 6.45) is -0.668. The van der Waals surface area contributed by atoms with Gasteiger partial charge in [0.05, 0.1) is 7.11 Å². The molecule has 0 bridgehead atoms. The van der Waals surface area contributed by atoms with Gasteiger partial charge in [0.25, 0.3) is 0 Å². The number of halogens is 1. The van der Waals surface area contributed by atoms with Gasteiger partial charge in [-0.25, -0.2) is 9.59 Å². The summed E-state index contributed by atoms with van der Waals surface area (Å²) in [5.74, 6) is -0.620. The molecule has 1 aromatic rings. The smallest absolute Gasteiger partial charge is 0.408 e. The summed E-state index contributed by atoms with van der Waals surface area (Å²) in [5.41, 5.74) is -0.180. The average molecular weight is 330 g/mol. The molecule has 0 fully saturated rings. The van der Waals surface area contributed by atoms with Crippen molar-refractivity contribution in [3.63, 3.8) is 0 Å². The summed E-state index contributed by atoms with van der Waals surface area (Å²) in [6, 6.07) is 3.39. The van der Waals surface area contributed by atoms with Crippen molar-refractivity contribution in [1.29, 1.82) is 0 Å². The molecule has 1 amide bonds. The standard InChI is InChI=1S/C15H20ClNO5/c1-15(2,3)22-14(20)17-12(13(19)21-4)8-9-7-10(18)5-6-11(9)16/h5-7,12,18H,8H2,1-4H3,(H,17,20)/t12-/m0/s1. The van der Waals surface area contributed by atoms with E-state index in [1.165, 1.54) is 25.3 Å². The number of benzene rings is 1. The molecule has 0 heterocycles. The molecule has 0 aliphatic rings. The highest BCUT2D eigenvalue weighted by molar-refractivity contribution is 6.31. The lowest BCUT2D eigenvalue weighted by Crippen LogP contribution is -2.45. The van der Waals surface area contributed by atoms with Gasteiger partial charge in [-0.1, -0.05) is 11.6 Å². The predicted octanol–water partition coefficient (Wildman–Crippen LogP) is 2.65. The third-order valence-corrected chi connectivity index (χ3v) is 3.00. The molecule has 0 unspecified atom stereocenters. The summed E-state index contributed by atoms with van der Waals surface area (Å²) in [7, 11) is 1.22. The molecule has 22 heavy (non-hydrogen) atoms. The molecule has 1 rings (SSSR count). The first kappa shape index (κ1) is 18.1. The van der Waals surface area contributed by atoms with Crippen LogP contribution in [0.4, 0.5) is 4.79 Å². The molecule has 0 saturated carbocycles. The van der Waals surface area contributed by atoms with E-state index in [9.17, 15) is 14.7 Å². The van der Waals surface area contributed by atoms with Gasteiger partial charge < -0.3 is 19.9 Å². The minimum absolute atomic E-state index is 0.0142. The lowest BCUT2D eigenvalue weighted by molar-refractivity contribution is -0.143. The Hall–Kier alpha value is -1.95. The topological polar surface area (TPSA) is 84.9 Å². The number of phenols is 1. The van der Waals surface area contributed by atoms with Crippen molar-refractivity contribution >= 4 is 23.7 Å². The van der Waals surface area contributed by atoms with Crippen molar-refractivity contribution in [1.82, 2.24) is 5.32 Å². The van der Waals surface area contributed by atoms with Crippen molar-refractivity contribution in [2.75, 3.05) is 7.11 Å². The summed E-state index contributed by atoms with van der Waals surface area (Å²) >= 11 is 6.02. The molecule has 0 aliphatic heterocycles. The van der Waals surface area contributed by atoms with E-state index >= 15 is 0 Å². The van der Waals surface area contributed by atoms with E-state index in [0.29, 0.717) is 10.6 Å². The highest BCUT2D eigenvalue weighted by atomic mass is 35.5. The number of rotatable bonds is 4. The van der Waals surface area contributed by atoms with Crippen LogP contribution in [0.2, 0.25) is 5.02 Å². The molecule has 0 radical (unpaired) electrons. The van der Waals surface area contributed by atoms with Crippen LogP contribution in [0.25, 0.3) is 0 Å². The van der Waals surface area contributed by atoms with Crippen LogP contribution in [0.3, 0.4) is 0 Å². The van der Waals surface area contributed by atoms with Crippen LogP contribution < -0.4 is 5.32 Å². The van der Waals surface area contributed by atoms with Crippen LogP contribution in [-0.2, 0) is 20.7 Å². The summed E-state index contributed by atoms with van der Waals surface area (Å²) in [4.78, 5) is 23.6. The van der Waals surface area contributed by atoms with Crippen molar-refractivity contribution in [3.05, 3.63) is 28.8 Å². The van der Waals surface area contributed by atoms with E-state index < -0.39 is 23.7 Å². The van der Waals surface area contributed by atoms with E-state index in [1.54, 1.807) is 20.8 Å². The lowest BCUT2D eigenvalue weighted by Gasteiger charge is -2.22. The quantitative estimate of drug-likeness (QED) is 0.829. The van der Waals surface area contributed by atoms with Gasteiger partial charge in [0, 0.05) is 11.4 Å². The number of esters is 1. The van der Waals surface area contributed by atoms with Crippen LogP contribution in [0.1, 0.15) is 26.3 Å². The second-order valence-electron chi connectivity index (χ2n) is 5.70. The Balaban J connectivity index is 2.87.